The molecule has 0 aliphatic heterocycles. The average Bonchev–Trinajstić information content (AvgIpc) is 3.37. The topological polar surface area (TPSA) is 47.8 Å². The number of hydrogen-bond donors (Lipinski definition) is 0. The third-order valence-corrected chi connectivity index (χ3v) is 5.97. The molecule has 4 aromatic rings. The van der Waals surface area contributed by atoms with Crippen molar-refractivity contribution in [1.82, 2.24) is 14.8 Å². The summed E-state index contributed by atoms with van der Waals surface area (Å²) in [7, 11) is 0. The number of Topliss-reactive ketones (excluding diaryl/α,β-unsaturated/α-hetero) is 1. The number of nitrogens with zero attached hydrogens (tertiary/aromatic N) is 3. The zero-order chi connectivity index (χ0) is 18.6. The molecule has 0 amide bonds. The first-order valence-corrected chi connectivity index (χ1v) is 10.4. The Labute approximate surface area is 169 Å². The highest BCUT2D eigenvalue weighted by molar-refractivity contribution is 7.99. The molecule has 2 heterocycles. The quantitative estimate of drug-likeness (QED) is 0.305. The zero-order valence-electron chi connectivity index (χ0n) is 14.1. The molecule has 4 nitrogen and oxygen atoms in total. The standard InChI is InChI=1S/C20H14ClN3OS2/c21-15-10-8-14(9-11-15)19-22-23-20(24(19)16-5-2-1-3-6-16)27-13-17(25)18-7-4-12-26-18/h1-12H,13H2. The number of carbonyl (C=O) groups is 1. The number of ketones is 1. The van der Waals surface area contributed by atoms with Crippen molar-refractivity contribution in [2.24, 2.45) is 0 Å². The number of thioether (sulfide) groups is 1. The van der Waals surface area contributed by atoms with E-state index in [-0.39, 0.29) is 5.78 Å². The fraction of sp³-hybridized carbons (Fsp3) is 0.0500. The van der Waals surface area contributed by atoms with Crippen molar-refractivity contribution < 1.29 is 4.79 Å². The van der Waals surface area contributed by atoms with Crippen LogP contribution in [0.2, 0.25) is 5.02 Å². The molecule has 0 aliphatic carbocycles. The Morgan fingerprint density at radius 2 is 1.78 bits per heavy atom. The van der Waals surface area contributed by atoms with Crippen LogP contribution in [-0.2, 0) is 0 Å². The average molecular weight is 412 g/mol. The molecule has 4 rings (SSSR count). The summed E-state index contributed by atoms with van der Waals surface area (Å²) in [5.74, 6) is 1.11. The Morgan fingerprint density at radius 1 is 1.00 bits per heavy atom. The van der Waals surface area contributed by atoms with E-state index in [0.29, 0.717) is 21.8 Å². The van der Waals surface area contributed by atoms with Crippen molar-refractivity contribution >= 4 is 40.5 Å². The largest absolute Gasteiger partial charge is 0.292 e. The van der Waals surface area contributed by atoms with E-state index in [9.17, 15) is 4.79 Å². The Bertz CT molecular complexity index is 1040. The summed E-state index contributed by atoms with van der Waals surface area (Å²) in [5, 5.41) is 12.0. The fourth-order valence-corrected chi connectivity index (χ4v) is 4.31. The van der Waals surface area contributed by atoms with Crippen LogP contribution in [0.15, 0.2) is 77.3 Å². The summed E-state index contributed by atoms with van der Waals surface area (Å²) in [6.07, 6.45) is 0. The third kappa shape index (κ3) is 3.98. The predicted molar refractivity (Wildman–Crippen MR) is 111 cm³/mol. The van der Waals surface area contributed by atoms with Gasteiger partial charge in [0, 0.05) is 16.3 Å². The van der Waals surface area contributed by atoms with Crippen LogP contribution in [0.5, 0.6) is 0 Å². The van der Waals surface area contributed by atoms with E-state index in [1.54, 1.807) is 0 Å². The number of rotatable bonds is 6. The maximum atomic E-state index is 12.4. The molecule has 0 unspecified atom stereocenters. The Morgan fingerprint density at radius 3 is 2.48 bits per heavy atom. The van der Waals surface area contributed by atoms with Gasteiger partial charge in [0.1, 0.15) is 0 Å². The maximum absolute atomic E-state index is 12.4. The summed E-state index contributed by atoms with van der Waals surface area (Å²) < 4.78 is 1.97. The van der Waals surface area contributed by atoms with Gasteiger partial charge in [-0.15, -0.1) is 21.5 Å². The first kappa shape index (κ1) is 18.0. The molecule has 0 fully saturated rings. The SMILES string of the molecule is O=C(CSc1nnc(-c2ccc(Cl)cc2)n1-c1ccccc1)c1cccs1. The van der Waals surface area contributed by atoms with Crippen LogP contribution in [0.4, 0.5) is 0 Å². The molecule has 0 saturated heterocycles. The summed E-state index contributed by atoms with van der Waals surface area (Å²) >= 11 is 8.85. The summed E-state index contributed by atoms with van der Waals surface area (Å²) in [6, 6.07) is 21.1. The number of para-hydroxylation sites is 1. The Hall–Kier alpha value is -2.41. The second-order valence-corrected chi connectivity index (χ2v) is 8.00. The molecule has 134 valence electrons. The lowest BCUT2D eigenvalue weighted by atomic mass is 10.2. The van der Waals surface area contributed by atoms with Crippen molar-refractivity contribution in [2.45, 2.75) is 5.16 Å². The molecule has 27 heavy (non-hydrogen) atoms. The highest BCUT2D eigenvalue weighted by Crippen LogP contribution is 2.29. The smallest absolute Gasteiger partial charge is 0.196 e. The van der Waals surface area contributed by atoms with E-state index in [4.69, 9.17) is 11.6 Å². The van der Waals surface area contributed by atoms with Crippen molar-refractivity contribution in [3.63, 3.8) is 0 Å². The molecule has 2 aromatic heterocycles. The van der Waals surface area contributed by atoms with Crippen LogP contribution in [0.3, 0.4) is 0 Å². The van der Waals surface area contributed by atoms with Gasteiger partial charge in [0.15, 0.2) is 16.8 Å². The van der Waals surface area contributed by atoms with E-state index in [1.807, 2.05) is 76.7 Å². The van der Waals surface area contributed by atoms with Crippen LogP contribution >= 0.6 is 34.7 Å². The highest BCUT2D eigenvalue weighted by atomic mass is 35.5. The van der Waals surface area contributed by atoms with Crippen LogP contribution < -0.4 is 0 Å². The van der Waals surface area contributed by atoms with Gasteiger partial charge in [0.25, 0.3) is 0 Å². The molecule has 0 radical (unpaired) electrons. The Kier molecular flexibility index (Phi) is 5.38. The van der Waals surface area contributed by atoms with E-state index in [0.717, 1.165) is 16.1 Å². The van der Waals surface area contributed by atoms with Gasteiger partial charge >= 0.3 is 0 Å². The molecule has 0 bridgehead atoms. The second kappa shape index (κ2) is 8.08. The van der Waals surface area contributed by atoms with Gasteiger partial charge in [-0.1, -0.05) is 47.6 Å². The Balaban J connectivity index is 1.69. The molecule has 0 aliphatic rings. The number of hydrogen-bond acceptors (Lipinski definition) is 5. The van der Waals surface area contributed by atoms with E-state index < -0.39 is 0 Å². The van der Waals surface area contributed by atoms with Crippen LogP contribution in [0.25, 0.3) is 17.1 Å². The van der Waals surface area contributed by atoms with E-state index >= 15 is 0 Å². The minimum absolute atomic E-state index is 0.0886. The highest BCUT2D eigenvalue weighted by Gasteiger charge is 2.18. The lowest BCUT2D eigenvalue weighted by Crippen LogP contribution is -2.03. The van der Waals surface area contributed by atoms with Gasteiger partial charge in [-0.05, 0) is 47.8 Å². The summed E-state index contributed by atoms with van der Waals surface area (Å²) in [4.78, 5) is 13.1. The normalized spacial score (nSPS) is 10.9. The lowest BCUT2D eigenvalue weighted by Gasteiger charge is -2.10. The molecule has 0 saturated carbocycles. The molecule has 2 aromatic carbocycles. The first-order valence-electron chi connectivity index (χ1n) is 8.18. The van der Waals surface area contributed by atoms with Crippen molar-refractivity contribution in [1.29, 1.82) is 0 Å². The minimum Gasteiger partial charge on any atom is -0.292 e. The number of carbonyl (C=O) groups excluding carboxylic acids is 1. The van der Waals surface area contributed by atoms with Gasteiger partial charge in [0.05, 0.1) is 10.6 Å². The zero-order valence-corrected chi connectivity index (χ0v) is 16.5. The number of benzene rings is 2. The molecular formula is C20H14ClN3OS2. The molecule has 0 spiro atoms. The monoisotopic (exact) mass is 411 g/mol. The number of halogens is 1. The van der Waals surface area contributed by atoms with Gasteiger partial charge in [-0.25, -0.2) is 0 Å². The van der Waals surface area contributed by atoms with Crippen LogP contribution in [0, 0.1) is 0 Å². The van der Waals surface area contributed by atoms with Crippen molar-refractivity contribution in [2.75, 3.05) is 5.75 Å². The van der Waals surface area contributed by atoms with Crippen molar-refractivity contribution in [3.8, 4) is 17.1 Å². The first-order chi connectivity index (χ1) is 13.2. The number of thiophene rings is 1. The van der Waals surface area contributed by atoms with Gasteiger partial charge in [0.2, 0.25) is 0 Å². The minimum atomic E-state index is 0.0886. The molecule has 7 heteroatoms. The lowest BCUT2D eigenvalue weighted by molar-refractivity contribution is 0.102. The van der Waals surface area contributed by atoms with E-state index in [1.165, 1.54) is 23.1 Å². The van der Waals surface area contributed by atoms with Gasteiger partial charge in [-0.2, -0.15) is 0 Å². The van der Waals surface area contributed by atoms with Crippen LogP contribution in [0.1, 0.15) is 9.67 Å². The third-order valence-electron chi connectivity index (χ3n) is 3.88. The van der Waals surface area contributed by atoms with Gasteiger partial charge in [-0.3, -0.25) is 9.36 Å². The van der Waals surface area contributed by atoms with E-state index in [2.05, 4.69) is 10.2 Å². The summed E-state index contributed by atoms with van der Waals surface area (Å²) in [5.41, 5.74) is 1.85. The summed E-state index contributed by atoms with van der Waals surface area (Å²) in [6.45, 7) is 0. The second-order valence-electron chi connectivity index (χ2n) is 5.67. The fourth-order valence-electron chi connectivity index (χ4n) is 2.60. The maximum Gasteiger partial charge on any atom is 0.196 e. The molecule has 0 atom stereocenters. The molecule has 0 N–H and O–H groups in total. The van der Waals surface area contributed by atoms with Crippen LogP contribution in [-0.4, -0.2) is 26.3 Å². The predicted octanol–water partition coefficient (Wildman–Crippen LogP) is 5.62. The van der Waals surface area contributed by atoms with Gasteiger partial charge < -0.3 is 0 Å². The molecular weight excluding hydrogens is 398 g/mol. The van der Waals surface area contributed by atoms with Crippen molar-refractivity contribution in [3.05, 3.63) is 82.0 Å². The number of aromatic nitrogens is 3.